The molecule has 0 unspecified atom stereocenters. The Balaban J connectivity index is 1.56. The van der Waals surface area contributed by atoms with E-state index in [4.69, 9.17) is 13.6 Å². The minimum atomic E-state index is -2.19. The number of rotatable bonds is 6. The van der Waals surface area contributed by atoms with Crippen LogP contribution in [0, 0.1) is 0 Å². The third-order valence-corrected chi connectivity index (χ3v) is 8.72. The third kappa shape index (κ3) is 4.94. The zero-order chi connectivity index (χ0) is 30.8. The summed E-state index contributed by atoms with van der Waals surface area (Å²) in [6.07, 6.45) is 0. The minimum absolute atomic E-state index is 0.0608. The van der Waals surface area contributed by atoms with Gasteiger partial charge in [0.15, 0.2) is 23.1 Å². The predicted octanol–water partition coefficient (Wildman–Crippen LogP) is 7.46. The van der Waals surface area contributed by atoms with E-state index >= 15 is 0 Å². The quantitative estimate of drug-likeness (QED) is 0.182. The molecule has 0 atom stereocenters. The van der Waals surface area contributed by atoms with Gasteiger partial charge in [0.05, 0.1) is 22.3 Å². The van der Waals surface area contributed by atoms with Crippen molar-refractivity contribution in [3.05, 3.63) is 117 Å². The summed E-state index contributed by atoms with van der Waals surface area (Å²) >= 11 is 0. The molecule has 9 heteroatoms. The number of hydrogen-bond donors (Lipinski definition) is 0. The molecule has 0 radical (unpaired) electrons. The topological polar surface area (TPSA) is 96.0 Å². The minimum Gasteiger partial charge on any atom is -0.544 e. The van der Waals surface area contributed by atoms with Gasteiger partial charge in [0.2, 0.25) is 16.6 Å². The fourth-order valence-electron chi connectivity index (χ4n) is 5.45. The molecule has 0 heterocycles. The van der Waals surface area contributed by atoms with E-state index in [9.17, 15) is 19.2 Å². The average molecular weight is 607 g/mol. The first-order valence-electron chi connectivity index (χ1n) is 14.0. The van der Waals surface area contributed by atoms with Crippen molar-refractivity contribution in [1.29, 1.82) is 0 Å². The van der Waals surface area contributed by atoms with Crippen LogP contribution >= 0.6 is 0 Å². The number of fused-ring (bicyclic) bond motifs is 4. The molecule has 2 aliphatic rings. The average Bonchev–Trinajstić information content (AvgIpc) is 2.94. The fourth-order valence-corrected chi connectivity index (χ4v) is 7.11. The molecule has 7 nitrogen and oxygen atoms in total. The van der Waals surface area contributed by atoms with Crippen molar-refractivity contribution in [1.82, 2.24) is 0 Å². The molecule has 216 valence electrons. The lowest BCUT2D eigenvalue weighted by Crippen LogP contribution is -2.32. The van der Waals surface area contributed by atoms with Gasteiger partial charge in [-0.3, -0.25) is 19.2 Å². The summed E-state index contributed by atoms with van der Waals surface area (Å²) in [7, 11) is -4.37. The highest BCUT2D eigenvalue weighted by Crippen LogP contribution is 2.44. The predicted molar refractivity (Wildman–Crippen MR) is 168 cm³/mol. The Hall–Kier alpha value is -4.61. The van der Waals surface area contributed by atoms with E-state index in [2.05, 4.69) is 0 Å². The van der Waals surface area contributed by atoms with Crippen LogP contribution in [0.5, 0.6) is 23.0 Å². The second-order valence-corrected chi connectivity index (χ2v) is 21.4. The molecule has 0 saturated carbocycles. The van der Waals surface area contributed by atoms with Crippen molar-refractivity contribution < 1.29 is 32.8 Å². The Kier molecular flexibility index (Phi) is 6.63. The molecule has 0 aliphatic heterocycles. The zero-order valence-electron chi connectivity index (χ0n) is 24.8. The maximum atomic E-state index is 13.9. The van der Waals surface area contributed by atoms with Crippen LogP contribution < -0.4 is 13.6 Å². The van der Waals surface area contributed by atoms with Gasteiger partial charge in [-0.25, -0.2) is 0 Å². The van der Waals surface area contributed by atoms with E-state index in [1.54, 1.807) is 72.8 Å². The Morgan fingerprint density at radius 3 is 0.930 bits per heavy atom. The Labute approximate surface area is 251 Å². The largest absolute Gasteiger partial charge is 0.544 e. The van der Waals surface area contributed by atoms with Crippen LogP contribution in [-0.4, -0.2) is 39.8 Å². The Morgan fingerprint density at radius 1 is 0.395 bits per heavy atom. The van der Waals surface area contributed by atoms with Crippen LogP contribution in [-0.2, 0) is 0 Å². The summed E-state index contributed by atoms with van der Waals surface area (Å²) in [5.74, 6) is -0.652. The van der Waals surface area contributed by atoms with Crippen molar-refractivity contribution in [3.8, 4) is 23.0 Å². The van der Waals surface area contributed by atoms with Crippen LogP contribution in [0.2, 0.25) is 39.3 Å². The second-order valence-electron chi connectivity index (χ2n) is 12.6. The SMILES string of the molecule is C[Si](C)(C)Oc1ccc(Oc2ccc(O[Si](C)(C)C)c3c2C(=O)c2ccccc2C3=O)c2c1C(=O)c1ccccc1C2=O. The summed E-state index contributed by atoms with van der Waals surface area (Å²) in [5.41, 5.74) is 1.48. The standard InChI is InChI=1S/C34H30O7Si2/c1-42(2,3)40-25-17-15-23(27-29(25)33(37)21-13-9-7-11-19(21)31(27)35)39-24-16-18-26(41-43(4,5)6)30-28(24)32(36)20-12-8-10-14-22(20)34(30)38/h7-18H,1-6H3. The molecule has 4 aromatic carbocycles. The van der Waals surface area contributed by atoms with Gasteiger partial charge < -0.3 is 13.6 Å². The second kappa shape index (κ2) is 10.00. The Bertz CT molecular complexity index is 1760. The van der Waals surface area contributed by atoms with E-state index in [0.29, 0.717) is 22.6 Å². The van der Waals surface area contributed by atoms with E-state index < -0.39 is 16.6 Å². The fraction of sp³-hybridized carbons (Fsp3) is 0.176. The molecule has 2 aliphatic carbocycles. The molecule has 0 N–H and O–H groups in total. The monoisotopic (exact) mass is 606 g/mol. The number of ether oxygens (including phenoxy) is 1. The van der Waals surface area contributed by atoms with Gasteiger partial charge in [-0.1, -0.05) is 48.5 Å². The highest BCUT2D eigenvalue weighted by Gasteiger charge is 2.39. The summed E-state index contributed by atoms with van der Waals surface area (Å²) < 4.78 is 18.9. The lowest BCUT2D eigenvalue weighted by atomic mass is 9.82. The van der Waals surface area contributed by atoms with Crippen LogP contribution in [0.3, 0.4) is 0 Å². The van der Waals surface area contributed by atoms with Gasteiger partial charge in [-0.15, -0.1) is 0 Å². The van der Waals surface area contributed by atoms with Gasteiger partial charge >= 0.3 is 0 Å². The van der Waals surface area contributed by atoms with Gasteiger partial charge in [-0.05, 0) is 63.5 Å². The summed E-state index contributed by atoms with van der Waals surface area (Å²) in [5, 5.41) is 0. The van der Waals surface area contributed by atoms with Crippen LogP contribution in [0.4, 0.5) is 0 Å². The molecule has 0 spiro atoms. The van der Waals surface area contributed by atoms with Crippen molar-refractivity contribution >= 4 is 39.8 Å². The first kappa shape index (κ1) is 28.5. The number of ketones is 4. The van der Waals surface area contributed by atoms with Gasteiger partial charge in [0.1, 0.15) is 23.0 Å². The van der Waals surface area contributed by atoms with Crippen molar-refractivity contribution in [2.24, 2.45) is 0 Å². The maximum Gasteiger partial charge on any atom is 0.242 e. The van der Waals surface area contributed by atoms with E-state index in [0.717, 1.165) is 0 Å². The van der Waals surface area contributed by atoms with Gasteiger partial charge in [0.25, 0.3) is 0 Å². The number of carbonyl (C=O) groups is 4. The number of carbonyl (C=O) groups excluding carboxylic acids is 4. The molecule has 0 amide bonds. The normalized spacial score (nSPS) is 14.0. The number of benzene rings is 4. The third-order valence-electron chi connectivity index (χ3n) is 7.05. The number of hydrogen-bond acceptors (Lipinski definition) is 7. The molecule has 6 rings (SSSR count). The van der Waals surface area contributed by atoms with Crippen molar-refractivity contribution in [2.75, 3.05) is 0 Å². The van der Waals surface area contributed by atoms with E-state index in [1.807, 2.05) is 39.3 Å². The lowest BCUT2D eigenvalue weighted by molar-refractivity contribution is 0.0972. The Morgan fingerprint density at radius 2 is 0.651 bits per heavy atom. The summed E-state index contributed by atoms with van der Waals surface area (Å²) in [6.45, 7) is 11.9. The zero-order valence-corrected chi connectivity index (χ0v) is 26.8. The lowest BCUT2D eigenvalue weighted by Gasteiger charge is -2.28. The molecular formula is C34H30O7Si2. The van der Waals surface area contributed by atoms with Crippen LogP contribution in [0.1, 0.15) is 63.7 Å². The highest BCUT2D eigenvalue weighted by atomic mass is 28.4. The molecule has 0 aromatic heterocycles. The van der Waals surface area contributed by atoms with Crippen LogP contribution in [0.25, 0.3) is 0 Å². The summed E-state index contributed by atoms with van der Waals surface area (Å²) in [6, 6.07) is 19.7. The maximum absolute atomic E-state index is 13.9. The first-order valence-corrected chi connectivity index (χ1v) is 20.8. The first-order chi connectivity index (χ1) is 20.2. The van der Waals surface area contributed by atoms with E-state index in [1.165, 1.54) is 0 Å². The van der Waals surface area contributed by atoms with Crippen LogP contribution in [0.15, 0.2) is 72.8 Å². The van der Waals surface area contributed by atoms with Crippen molar-refractivity contribution in [2.45, 2.75) is 39.3 Å². The summed E-state index contributed by atoms with van der Waals surface area (Å²) in [4.78, 5) is 55.5. The smallest absolute Gasteiger partial charge is 0.242 e. The molecule has 4 aromatic rings. The molecule has 0 fully saturated rings. The van der Waals surface area contributed by atoms with Crippen molar-refractivity contribution in [3.63, 3.8) is 0 Å². The van der Waals surface area contributed by atoms with E-state index in [-0.39, 0.29) is 68.0 Å². The highest BCUT2D eigenvalue weighted by molar-refractivity contribution is 6.71. The van der Waals surface area contributed by atoms with Gasteiger partial charge in [-0.2, -0.15) is 0 Å². The molecule has 0 bridgehead atoms. The molecule has 43 heavy (non-hydrogen) atoms. The molecule has 0 saturated heterocycles. The molecular weight excluding hydrogens is 577 g/mol. The van der Waals surface area contributed by atoms with Gasteiger partial charge in [0, 0.05) is 22.3 Å².